The van der Waals surface area contributed by atoms with Gasteiger partial charge in [0, 0.05) is 5.57 Å². The smallest absolute Gasteiger partial charge is 0.334 e. The van der Waals surface area contributed by atoms with Gasteiger partial charge in [-0.3, -0.25) is 0 Å². The zero-order chi connectivity index (χ0) is 11.7. The van der Waals surface area contributed by atoms with E-state index >= 15 is 0 Å². The summed E-state index contributed by atoms with van der Waals surface area (Å²) >= 11 is 0. The number of carbonyl (C=O) groups excluding carboxylic acids is 1. The van der Waals surface area contributed by atoms with Crippen LogP contribution < -0.4 is 0 Å². The van der Waals surface area contributed by atoms with E-state index in [1.54, 1.807) is 6.92 Å². The van der Waals surface area contributed by atoms with Crippen LogP contribution in [0.4, 0.5) is 0 Å². The molecule has 0 saturated heterocycles. The second kappa shape index (κ2) is 4.58. The Morgan fingerprint density at radius 1 is 1.62 bits per heavy atom. The monoisotopic (exact) mass is 224 g/mol. The molecular weight excluding hydrogens is 204 g/mol. The van der Waals surface area contributed by atoms with Gasteiger partial charge in [0.1, 0.15) is 6.10 Å². The Bertz CT molecular complexity index is 306. The van der Waals surface area contributed by atoms with Crippen molar-refractivity contribution in [3.05, 3.63) is 11.6 Å². The second-order valence-corrected chi connectivity index (χ2v) is 4.98. The Morgan fingerprint density at radius 3 is 2.81 bits per heavy atom. The quantitative estimate of drug-likeness (QED) is 0.743. The summed E-state index contributed by atoms with van der Waals surface area (Å²) in [6.45, 7) is 3.58. The van der Waals surface area contributed by atoms with Gasteiger partial charge in [0.15, 0.2) is 0 Å². The molecule has 0 aromatic rings. The number of fused-ring (bicyclic) bond motifs is 2. The molecule has 0 amide bonds. The summed E-state index contributed by atoms with van der Waals surface area (Å²) < 4.78 is 5.34. The maximum atomic E-state index is 11.9. The summed E-state index contributed by atoms with van der Waals surface area (Å²) in [5, 5.41) is 9.44. The zero-order valence-electron chi connectivity index (χ0n) is 9.98. The Balaban J connectivity index is 1.96. The van der Waals surface area contributed by atoms with Gasteiger partial charge in [0.05, 0.1) is 6.10 Å². The van der Waals surface area contributed by atoms with Gasteiger partial charge in [-0.1, -0.05) is 13.0 Å². The molecule has 0 spiro atoms. The number of aliphatic hydroxyl groups excluding tert-OH is 1. The molecule has 3 heteroatoms. The van der Waals surface area contributed by atoms with Crippen LogP contribution in [0.15, 0.2) is 11.6 Å². The zero-order valence-corrected chi connectivity index (χ0v) is 9.98. The standard InChI is InChI=1S/C13H20O3/c1-3-12(8(2)14)16-13(15)11-7-9-4-5-10(11)6-9/h7-10,12,14H,3-6H2,1-2H3. The summed E-state index contributed by atoms with van der Waals surface area (Å²) in [4.78, 5) is 11.9. The molecular formula is C13H20O3. The van der Waals surface area contributed by atoms with Crippen LogP contribution >= 0.6 is 0 Å². The van der Waals surface area contributed by atoms with Gasteiger partial charge in [-0.25, -0.2) is 4.79 Å². The van der Waals surface area contributed by atoms with Gasteiger partial charge in [-0.05, 0) is 44.4 Å². The molecule has 3 nitrogen and oxygen atoms in total. The molecule has 2 aliphatic carbocycles. The molecule has 90 valence electrons. The van der Waals surface area contributed by atoms with Crippen molar-refractivity contribution in [2.45, 2.75) is 51.7 Å². The number of allylic oxidation sites excluding steroid dienone is 1. The number of carbonyl (C=O) groups is 1. The van der Waals surface area contributed by atoms with Crippen molar-refractivity contribution in [3.63, 3.8) is 0 Å². The van der Waals surface area contributed by atoms with E-state index in [2.05, 4.69) is 6.08 Å². The number of aliphatic hydroxyl groups is 1. The fourth-order valence-corrected chi connectivity index (χ4v) is 2.80. The van der Waals surface area contributed by atoms with Crippen LogP contribution in [0.3, 0.4) is 0 Å². The van der Waals surface area contributed by atoms with E-state index in [4.69, 9.17) is 4.74 Å². The summed E-state index contributed by atoms with van der Waals surface area (Å²) in [5.74, 6) is 0.808. The highest BCUT2D eigenvalue weighted by Gasteiger charge is 2.37. The van der Waals surface area contributed by atoms with Crippen molar-refractivity contribution in [1.29, 1.82) is 0 Å². The molecule has 0 aromatic heterocycles. The van der Waals surface area contributed by atoms with Crippen LogP contribution in [0.5, 0.6) is 0 Å². The third-order valence-corrected chi connectivity index (χ3v) is 3.76. The lowest BCUT2D eigenvalue weighted by molar-refractivity contribution is -0.150. The first kappa shape index (κ1) is 11.6. The molecule has 2 rings (SSSR count). The van der Waals surface area contributed by atoms with E-state index in [1.807, 2.05) is 6.92 Å². The van der Waals surface area contributed by atoms with Gasteiger partial charge in [0.2, 0.25) is 0 Å². The minimum atomic E-state index is -0.590. The van der Waals surface area contributed by atoms with Crippen molar-refractivity contribution in [3.8, 4) is 0 Å². The number of hydrogen-bond acceptors (Lipinski definition) is 3. The average molecular weight is 224 g/mol. The minimum Gasteiger partial charge on any atom is -0.456 e. The maximum absolute atomic E-state index is 11.9. The number of hydrogen-bond donors (Lipinski definition) is 1. The molecule has 1 N–H and O–H groups in total. The molecule has 4 unspecified atom stereocenters. The van der Waals surface area contributed by atoms with E-state index in [1.165, 1.54) is 6.42 Å². The van der Waals surface area contributed by atoms with Crippen LogP contribution in [-0.4, -0.2) is 23.3 Å². The van der Waals surface area contributed by atoms with E-state index in [0.717, 1.165) is 18.4 Å². The molecule has 0 radical (unpaired) electrons. The lowest BCUT2D eigenvalue weighted by Crippen LogP contribution is -2.29. The third kappa shape index (κ3) is 2.14. The second-order valence-electron chi connectivity index (χ2n) is 4.98. The summed E-state index contributed by atoms with van der Waals surface area (Å²) in [5.41, 5.74) is 0.857. The van der Waals surface area contributed by atoms with Gasteiger partial charge >= 0.3 is 5.97 Å². The number of ether oxygens (including phenoxy) is 1. The summed E-state index contributed by atoms with van der Waals surface area (Å²) in [6.07, 6.45) is 5.23. The fraction of sp³-hybridized carbons (Fsp3) is 0.769. The predicted octanol–water partition coefficient (Wildman–Crippen LogP) is 2.05. The van der Waals surface area contributed by atoms with Gasteiger partial charge in [-0.2, -0.15) is 0 Å². The minimum absolute atomic E-state index is 0.208. The van der Waals surface area contributed by atoms with Crippen LogP contribution in [0.1, 0.15) is 39.5 Å². The van der Waals surface area contributed by atoms with E-state index in [0.29, 0.717) is 18.3 Å². The molecule has 0 aliphatic heterocycles. The normalized spacial score (nSPS) is 31.1. The highest BCUT2D eigenvalue weighted by atomic mass is 16.6. The largest absolute Gasteiger partial charge is 0.456 e. The summed E-state index contributed by atoms with van der Waals surface area (Å²) in [6, 6.07) is 0. The van der Waals surface area contributed by atoms with E-state index in [9.17, 15) is 9.90 Å². The Labute approximate surface area is 96.5 Å². The van der Waals surface area contributed by atoms with Crippen molar-refractivity contribution in [2.75, 3.05) is 0 Å². The first-order valence-electron chi connectivity index (χ1n) is 6.22. The fourth-order valence-electron chi connectivity index (χ4n) is 2.80. The van der Waals surface area contributed by atoms with Gasteiger partial charge in [0.25, 0.3) is 0 Å². The molecule has 2 bridgehead atoms. The molecule has 0 aromatic carbocycles. The lowest BCUT2D eigenvalue weighted by Gasteiger charge is -2.21. The lowest BCUT2D eigenvalue weighted by atomic mass is 9.98. The van der Waals surface area contributed by atoms with Crippen molar-refractivity contribution in [2.24, 2.45) is 11.8 Å². The van der Waals surface area contributed by atoms with Crippen LogP contribution in [0.2, 0.25) is 0 Å². The third-order valence-electron chi connectivity index (χ3n) is 3.76. The highest BCUT2D eigenvalue weighted by Crippen LogP contribution is 2.44. The average Bonchev–Trinajstić information content (AvgIpc) is 2.86. The molecule has 1 fully saturated rings. The highest BCUT2D eigenvalue weighted by molar-refractivity contribution is 5.90. The summed E-state index contributed by atoms with van der Waals surface area (Å²) in [7, 11) is 0. The van der Waals surface area contributed by atoms with E-state index < -0.39 is 6.10 Å². The number of rotatable bonds is 4. The van der Waals surface area contributed by atoms with Crippen LogP contribution in [0, 0.1) is 11.8 Å². The van der Waals surface area contributed by atoms with Crippen LogP contribution in [-0.2, 0) is 9.53 Å². The first-order valence-corrected chi connectivity index (χ1v) is 6.22. The molecule has 2 aliphatic rings. The molecule has 16 heavy (non-hydrogen) atoms. The van der Waals surface area contributed by atoms with Crippen molar-refractivity contribution < 1.29 is 14.6 Å². The first-order chi connectivity index (χ1) is 7.61. The van der Waals surface area contributed by atoms with Crippen molar-refractivity contribution >= 4 is 5.97 Å². The van der Waals surface area contributed by atoms with Crippen molar-refractivity contribution in [1.82, 2.24) is 0 Å². The Morgan fingerprint density at radius 2 is 2.38 bits per heavy atom. The Hall–Kier alpha value is -0.830. The predicted molar refractivity (Wildman–Crippen MR) is 60.8 cm³/mol. The van der Waals surface area contributed by atoms with Crippen LogP contribution in [0.25, 0.3) is 0 Å². The van der Waals surface area contributed by atoms with Gasteiger partial charge in [-0.15, -0.1) is 0 Å². The SMILES string of the molecule is CCC(OC(=O)C1=CC2CCC1C2)C(C)O. The Kier molecular flexibility index (Phi) is 3.33. The molecule has 0 heterocycles. The molecule has 1 saturated carbocycles. The van der Waals surface area contributed by atoms with E-state index in [-0.39, 0.29) is 12.1 Å². The molecule has 4 atom stereocenters. The van der Waals surface area contributed by atoms with Gasteiger partial charge < -0.3 is 9.84 Å². The topological polar surface area (TPSA) is 46.5 Å². The maximum Gasteiger partial charge on any atom is 0.334 e. The number of esters is 1.